The summed E-state index contributed by atoms with van der Waals surface area (Å²) in [7, 11) is 0. The molecular weight excluding hydrogens is 362 g/mol. The van der Waals surface area contributed by atoms with Crippen molar-refractivity contribution in [1.82, 2.24) is 0 Å². The number of halogens is 1. The van der Waals surface area contributed by atoms with Crippen molar-refractivity contribution in [2.24, 2.45) is 0 Å². The second-order valence-electron chi connectivity index (χ2n) is 5.84. The maximum Gasteiger partial charge on any atom is 0.228 e. The molecule has 3 rings (SSSR count). The molecular formula is C22H20ClNO3. The van der Waals surface area contributed by atoms with E-state index in [9.17, 15) is 4.79 Å². The second kappa shape index (κ2) is 9.10. The lowest BCUT2D eigenvalue weighted by Crippen LogP contribution is -2.14. The number of carbonyl (C=O) groups excluding carboxylic acids is 1. The van der Waals surface area contributed by atoms with Crippen LogP contribution in [0.1, 0.15) is 12.5 Å². The molecule has 0 heterocycles. The number of nitrogens with one attached hydrogen (secondary N) is 1. The van der Waals surface area contributed by atoms with E-state index in [4.69, 9.17) is 21.1 Å². The number of hydrogen-bond donors (Lipinski definition) is 1. The molecule has 27 heavy (non-hydrogen) atoms. The average Bonchev–Trinajstić information content (AvgIpc) is 2.66. The molecule has 0 unspecified atom stereocenters. The van der Waals surface area contributed by atoms with Gasteiger partial charge in [0.2, 0.25) is 5.91 Å². The number of hydrogen-bond acceptors (Lipinski definition) is 3. The number of para-hydroxylation sites is 2. The highest BCUT2D eigenvalue weighted by atomic mass is 35.5. The Morgan fingerprint density at radius 2 is 1.63 bits per heavy atom. The maximum absolute atomic E-state index is 12.2. The second-order valence-corrected chi connectivity index (χ2v) is 6.24. The van der Waals surface area contributed by atoms with Gasteiger partial charge in [-0.25, -0.2) is 0 Å². The van der Waals surface area contributed by atoms with E-state index < -0.39 is 0 Å². The van der Waals surface area contributed by atoms with Crippen LogP contribution in [0, 0.1) is 0 Å². The zero-order chi connectivity index (χ0) is 19.1. The van der Waals surface area contributed by atoms with Crippen LogP contribution in [0.5, 0.6) is 17.2 Å². The molecule has 0 spiro atoms. The molecule has 0 saturated carbocycles. The number of anilines is 1. The Balaban J connectivity index is 1.68. The summed E-state index contributed by atoms with van der Waals surface area (Å²) in [4.78, 5) is 12.2. The van der Waals surface area contributed by atoms with Gasteiger partial charge in [0.15, 0.2) is 11.5 Å². The van der Waals surface area contributed by atoms with Crippen LogP contribution in [0.2, 0.25) is 5.02 Å². The lowest BCUT2D eigenvalue weighted by molar-refractivity contribution is -0.115. The average molecular weight is 382 g/mol. The summed E-state index contributed by atoms with van der Waals surface area (Å²) in [5, 5.41) is 3.25. The molecule has 4 nitrogen and oxygen atoms in total. The number of amides is 1. The fourth-order valence-corrected chi connectivity index (χ4v) is 2.79. The third-order valence-electron chi connectivity index (χ3n) is 3.79. The van der Waals surface area contributed by atoms with Crippen LogP contribution < -0.4 is 14.8 Å². The predicted molar refractivity (Wildman–Crippen MR) is 108 cm³/mol. The molecule has 138 valence electrons. The Labute approximate surface area is 163 Å². The molecule has 0 aliphatic heterocycles. The van der Waals surface area contributed by atoms with Crippen molar-refractivity contribution in [3.05, 3.63) is 83.4 Å². The smallest absolute Gasteiger partial charge is 0.228 e. The maximum atomic E-state index is 12.2. The van der Waals surface area contributed by atoms with Crippen LogP contribution in [0.3, 0.4) is 0 Å². The van der Waals surface area contributed by atoms with Crippen molar-refractivity contribution < 1.29 is 14.3 Å². The van der Waals surface area contributed by atoms with Gasteiger partial charge in [0, 0.05) is 5.69 Å². The van der Waals surface area contributed by atoms with Crippen molar-refractivity contribution >= 4 is 23.2 Å². The summed E-state index contributed by atoms with van der Waals surface area (Å²) < 4.78 is 11.4. The minimum Gasteiger partial charge on any atom is -0.490 e. The normalized spacial score (nSPS) is 10.3. The van der Waals surface area contributed by atoms with Crippen LogP contribution in [-0.2, 0) is 11.2 Å². The van der Waals surface area contributed by atoms with Gasteiger partial charge in [-0.15, -0.1) is 0 Å². The molecule has 0 bridgehead atoms. The largest absolute Gasteiger partial charge is 0.490 e. The van der Waals surface area contributed by atoms with Gasteiger partial charge in [-0.2, -0.15) is 0 Å². The quantitative estimate of drug-likeness (QED) is 0.570. The highest BCUT2D eigenvalue weighted by Crippen LogP contribution is 2.36. The molecule has 0 radical (unpaired) electrons. The van der Waals surface area contributed by atoms with Crippen molar-refractivity contribution in [3.63, 3.8) is 0 Å². The van der Waals surface area contributed by atoms with Gasteiger partial charge in [0.1, 0.15) is 5.75 Å². The topological polar surface area (TPSA) is 47.6 Å². The Hall–Kier alpha value is -2.98. The Morgan fingerprint density at radius 3 is 2.33 bits per heavy atom. The minimum absolute atomic E-state index is 0.104. The van der Waals surface area contributed by atoms with E-state index in [0.717, 1.165) is 5.56 Å². The van der Waals surface area contributed by atoms with Crippen LogP contribution in [0.15, 0.2) is 72.8 Å². The lowest BCUT2D eigenvalue weighted by atomic mass is 10.1. The van der Waals surface area contributed by atoms with Crippen molar-refractivity contribution in [3.8, 4) is 17.2 Å². The van der Waals surface area contributed by atoms with Gasteiger partial charge >= 0.3 is 0 Å². The van der Waals surface area contributed by atoms with Gasteiger partial charge in [0.05, 0.1) is 18.1 Å². The third-order valence-corrected chi connectivity index (χ3v) is 4.09. The molecule has 0 fully saturated rings. The first kappa shape index (κ1) is 18.8. The molecule has 0 aliphatic carbocycles. The van der Waals surface area contributed by atoms with Crippen molar-refractivity contribution in [1.29, 1.82) is 0 Å². The van der Waals surface area contributed by atoms with Crippen LogP contribution >= 0.6 is 11.6 Å². The highest BCUT2D eigenvalue weighted by molar-refractivity contribution is 6.32. The molecule has 0 aromatic heterocycles. The first-order chi connectivity index (χ1) is 13.2. The molecule has 0 aliphatic rings. The Kier molecular flexibility index (Phi) is 6.34. The SMILES string of the molecule is CCOc1ccccc1Oc1ccc(NC(=O)Cc2ccccc2)cc1Cl. The first-order valence-corrected chi connectivity index (χ1v) is 9.06. The molecule has 3 aromatic carbocycles. The molecule has 1 N–H and O–H groups in total. The van der Waals surface area contributed by atoms with E-state index in [1.165, 1.54) is 0 Å². The van der Waals surface area contributed by atoms with E-state index in [0.29, 0.717) is 41.0 Å². The van der Waals surface area contributed by atoms with Crippen molar-refractivity contribution in [2.75, 3.05) is 11.9 Å². The summed E-state index contributed by atoms with van der Waals surface area (Å²) in [6, 6.07) is 22.1. The highest BCUT2D eigenvalue weighted by Gasteiger charge is 2.10. The van der Waals surface area contributed by atoms with Gasteiger partial charge in [-0.3, -0.25) is 4.79 Å². The molecule has 5 heteroatoms. The molecule has 0 atom stereocenters. The fourth-order valence-electron chi connectivity index (χ4n) is 2.58. The van der Waals surface area contributed by atoms with Crippen molar-refractivity contribution in [2.45, 2.75) is 13.3 Å². The zero-order valence-corrected chi connectivity index (χ0v) is 15.7. The summed E-state index contributed by atoms with van der Waals surface area (Å²) in [5.74, 6) is 1.62. The molecule has 0 saturated heterocycles. The summed E-state index contributed by atoms with van der Waals surface area (Å²) >= 11 is 6.34. The van der Waals surface area contributed by atoms with Crippen LogP contribution in [-0.4, -0.2) is 12.5 Å². The standard InChI is InChI=1S/C22H20ClNO3/c1-2-26-20-10-6-7-11-21(20)27-19-13-12-17(15-18(19)23)24-22(25)14-16-8-4-3-5-9-16/h3-13,15H,2,14H2,1H3,(H,24,25). The fraction of sp³-hybridized carbons (Fsp3) is 0.136. The third kappa shape index (κ3) is 5.25. The number of benzene rings is 3. The minimum atomic E-state index is -0.104. The Morgan fingerprint density at radius 1 is 0.926 bits per heavy atom. The predicted octanol–water partition coefficient (Wildman–Crippen LogP) is 5.71. The van der Waals surface area contributed by atoms with E-state index in [2.05, 4.69) is 5.32 Å². The van der Waals surface area contributed by atoms with Gasteiger partial charge < -0.3 is 14.8 Å². The van der Waals surface area contributed by atoms with E-state index >= 15 is 0 Å². The molecule has 3 aromatic rings. The Bertz CT molecular complexity index is 912. The van der Waals surface area contributed by atoms with Crippen LogP contribution in [0.4, 0.5) is 5.69 Å². The number of ether oxygens (including phenoxy) is 2. The van der Waals surface area contributed by atoms with E-state index in [1.54, 1.807) is 18.2 Å². The first-order valence-electron chi connectivity index (χ1n) is 8.68. The van der Waals surface area contributed by atoms with Gasteiger partial charge in [-0.05, 0) is 42.8 Å². The van der Waals surface area contributed by atoms with Gasteiger partial charge in [0.25, 0.3) is 0 Å². The van der Waals surface area contributed by atoms with Crippen LogP contribution in [0.25, 0.3) is 0 Å². The number of rotatable bonds is 7. The van der Waals surface area contributed by atoms with E-state index in [1.807, 2.05) is 61.5 Å². The molecule has 1 amide bonds. The van der Waals surface area contributed by atoms with Gasteiger partial charge in [-0.1, -0.05) is 54.1 Å². The van der Waals surface area contributed by atoms with E-state index in [-0.39, 0.29) is 5.91 Å². The monoisotopic (exact) mass is 381 g/mol. The summed E-state index contributed by atoms with van der Waals surface area (Å²) in [6.45, 7) is 2.46. The zero-order valence-electron chi connectivity index (χ0n) is 14.9. The number of carbonyl (C=O) groups is 1. The summed E-state index contributed by atoms with van der Waals surface area (Å²) in [5.41, 5.74) is 1.57. The summed E-state index contributed by atoms with van der Waals surface area (Å²) in [6.07, 6.45) is 0.304. The lowest BCUT2D eigenvalue weighted by Gasteiger charge is -2.13.